The highest BCUT2D eigenvalue weighted by Gasteiger charge is 2.78. The lowest BCUT2D eigenvalue weighted by Gasteiger charge is -2.64. The fraction of sp³-hybridized carbons (Fsp3) is 0.491. The molecule has 4 aromatic rings. The molecule has 1 saturated heterocycles. The Hall–Kier alpha value is -6.73. The number of aromatic nitrogens is 1. The Bertz CT molecular complexity index is 2970. The number of nitrogens with one attached hydrogen (secondary N) is 2. The molecule has 1 saturated carbocycles. The molecule has 3 aliphatic heterocycles. The van der Waals surface area contributed by atoms with E-state index in [4.69, 9.17) is 39.4 Å². The van der Waals surface area contributed by atoms with Gasteiger partial charge in [0.15, 0.2) is 12.2 Å². The number of ether oxygens (including phenoxy) is 4. The number of hydrogen-bond donors (Lipinski definition) is 7. The van der Waals surface area contributed by atoms with E-state index < -0.39 is 70.0 Å². The average molecular weight is 1030 g/mol. The Morgan fingerprint density at radius 3 is 2.24 bits per heavy atom. The second kappa shape index (κ2) is 20.1. The largest absolute Gasteiger partial charge is 0.496 e. The normalized spacial score (nSPS) is 29.8. The molecule has 7 N–H and O–H groups in total. The van der Waals surface area contributed by atoms with Crippen LogP contribution in [-0.2, 0) is 45.9 Å². The molecule has 10 rings (SSSR count). The predicted octanol–water partition coefficient (Wildman–Crippen LogP) is 5.03. The van der Waals surface area contributed by atoms with E-state index in [0.29, 0.717) is 48.8 Å². The van der Waals surface area contributed by atoms with E-state index >= 15 is 4.79 Å². The smallest absolute Gasteiger partial charge is 0.335 e. The van der Waals surface area contributed by atoms with Crippen molar-refractivity contribution in [3.8, 4) is 11.5 Å². The maximum Gasteiger partial charge on any atom is 0.335 e. The fourth-order valence-corrected chi connectivity index (χ4v) is 14.7. The molecular formula is C57H68N4O14. The van der Waals surface area contributed by atoms with Gasteiger partial charge in [-0.1, -0.05) is 68.0 Å². The van der Waals surface area contributed by atoms with Crippen molar-refractivity contribution in [1.29, 1.82) is 0 Å². The molecule has 18 heteroatoms. The van der Waals surface area contributed by atoms with Gasteiger partial charge in [-0.15, -0.1) is 0 Å². The number of para-hydroxylation sites is 2. The molecule has 2 bridgehead atoms. The second-order valence-electron chi connectivity index (χ2n) is 21.1. The number of likely N-dealkylation sites (N-methyl/N-ethyl adjacent to an activating group) is 1. The topological polar surface area (TPSA) is 258 Å². The summed E-state index contributed by atoms with van der Waals surface area (Å²) in [7, 11) is 6.64. The molecule has 3 aromatic carbocycles. The van der Waals surface area contributed by atoms with Crippen LogP contribution in [0, 0.1) is 17.3 Å². The summed E-state index contributed by atoms with van der Waals surface area (Å²) in [5, 5.41) is 50.7. The maximum absolute atomic E-state index is 15.4. The molecule has 0 radical (unpaired) electrons. The number of aliphatic hydroxyl groups excluding tert-OH is 2. The van der Waals surface area contributed by atoms with Crippen molar-refractivity contribution in [3.05, 3.63) is 112 Å². The number of hydrogen-bond acceptors (Lipinski definition) is 14. The van der Waals surface area contributed by atoms with E-state index in [1.165, 1.54) is 26.7 Å². The first-order valence-corrected chi connectivity index (χ1v) is 25.7. The zero-order valence-corrected chi connectivity index (χ0v) is 43.4. The SMILES string of the molecule is CCC1=C[C@@H]2CC(C1)Cc1c([nH]c3ccccc13)[C@@](C(=O)OC)(c1cc3c(cc1OC)N(C)[C@H]1[C@@](O)(CNC(=O)c4ccccc4OC)[C@H](OC(C)=O)[C@]4(CC)C=CCN5CC[C@]31[C@@H]54)C2.O=C(O)C(O)C(O)C(=O)O. The number of H-pyrrole nitrogens is 1. The van der Waals surface area contributed by atoms with Gasteiger partial charge < -0.3 is 59.7 Å². The number of nitrogens with zero attached hydrogens (tertiary/aromatic N) is 2. The summed E-state index contributed by atoms with van der Waals surface area (Å²) in [6.45, 7) is 6.89. The molecule has 2 fully saturated rings. The first kappa shape index (κ1) is 53.1. The van der Waals surface area contributed by atoms with Gasteiger partial charge in [0, 0.05) is 71.3 Å². The quantitative estimate of drug-likeness (QED) is 0.0684. The van der Waals surface area contributed by atoms with Crippen molar-refractivity contribution in [2.75, 3.05) is 52.9 Å². The summed E-state index contributed by atoms with van der Waals surface area (Å²) in [4.78, 5) is 70.9. The van der Waals surface area contributed by atoms with Crippen LogP contribution in [0.4, 0.5) is 5.69 Å². The van der Waals surface area contributed by atoms with E-state index in [2.05, 4.69) is 76.4 Å². The van der Waals surface area contributed by atoms with Gasteiger partial charge in [0.25, 0.3) is 5.91 Å². The number of aliphatic carboxylic acids is 2. The number of fused-ring (bicyclic) bond motifs is 6. The molecule has 400 valence electrons. The van der Waals surface area contributed by atoms with Crippen LogP contribution in [0.15, 0.2) is 84.5 Å². The Morgan fingerprint density at radius 1 is 0.893 bits per heavy atom. The predicted molar refractivity (Wildman–Crippen MR) is 276 cm³/mol. The standard InChI is InChI=1S/C53H62N4O8.C4H6O6/c1-8-32-23-33-25-34(24-32)29-52(49(60)64-7,44-37(26-33)35-15-10-12-17-40(35)55-44)39-27-38-41(28-43(39)63-6)56(4)47-51(38)20-22-57-21-14-19-50(9-2,46(51)57)48(65-31(3)58)53(47,61)30-54-45(59)36-16-11-13-18-42(36)62-5;5-1(3(7)8)2(6)4(9)10/h10-19,24,27-28,33-34,46-48,55,61H,8-9,20-23,25-26,29-30H2,1-7H3,(H,54,59);1-2,5-6H,(H,7,8)(H,9,10)/t33?,34-,46+,47-,48-,50-,51-,52+,53+;/m1./s1. The number of carboxylic acids is 2. The van der Waals surface area contributed by atoms with Crippen molar-refractivity contribution >= 4 is 46.4 Å². The minimum absolute atomic E-state index is 0.100. The van der Waals surface area contributed by atoms with Crippen LogP contribution in [0.3, 0.4) is 0 Å². The number of benzene rings is 3. The van der Waals surface area contributed by atoms with Crippen molar-refractivity contribution in [3.63, 3.8) is 0 Å². The molecular weight excluding hydrogens is 965 g/mol. The molecule has 1 amide bonds. The van der Waals surface area contributed by atoms with Gasteiger partial charge in [-0.25, -0.2) is 9.59 Å². The number of allylic oxidation sites excluding steroid dienone is 2. The van der Waals surface area contributed by atoms with Crippen LogP contribution in [-0.4, -0.2) is 149 Å². The number of carboxylic acid groups (broad SMARTS) is 2. The van der Waals surface area contributed by atoms with Crippen molar-refractivity contribution < 1.29 is 68.5 Å². The number of rotatable bonds is 13. The van der Waals surface area contributed by atoms with Crippen LogP contribution in [0.5, 0.6) is 11.5 Å². The molecule has 3 unspecified atom stereocenters. The minimum Gasteiger partial charge on any atom is -0.496 e. The highest BCUT2D eigenvalue weighted by molar-refractivity contribution is 5.97. The van der Waals surface area contributed by atoms with Crippen LogP contribution in [0.1, 0.15) is 92.0 Å². The zero-order chi connectivity index (χ0) is 53.9. The summed E-state index contributed by atoms with van der Waals surface area (Å²) >= 11 is 0. The zero-order valence-electron chi connectivity index (χ0n) is 43.4. The lowest BCUT2D eigenvalue weighted by atomic mass is 9.47. The Kier molecular flexibility index (Phi) is 14.2. The summed E-state index contributed by atoms with van der Waals surface area (Å²) in [6.07, 6.45) is 6.60. The van der Waals surface area contributed by atoms with Gasteiger partial charge in [-0.05, 0) is 98.7 Å². The monoisotopic (exact) mass is 1030 g/mol. The molecule has 4 heterocycles. The first-order valence-electron chi connectivity index (χ1n) is 25.7. The van der Waals surface area contributed by atoms with Crippen molar-refractivity contribution in [2.45, 2.75) is 113 Å². The number of aliphatic hydroxyl groups is 3. The van der Waals surface area contributed by atoms with E-state index in [-0.39, 0.29) is 24.5 Å². The number of carbonyl (C=O) groups excluding carboxylic acids is 3. The minimum atomic E-state index is -2.27. The first-order chi connectivity index (χ1) is 35.8. The fourth-order valence-electron chi connectivity index (χ4n) is 14.7. The molecule has 75 heavy (non-hydrogen) atoms. The Morgan fingerprint density at radius 2 is 1.59 bits per heavy atom. The molecule has 18 nitrogen and oxygen atoms in total. The lowest BCUT2D eigenvalue weighted by molar-refractivity contribution is -0.216. The number of aromatic amines is 1. The van der Waals surface area contributed by atoms with E-state index in [1.54, 1.807) is 31.4 Å². The van der Waals surface area contributed by atoms with E-state index in [9.17, 15) is 24.3 Å². The summed E-state index contributed by atoms with van der Waals surface area (Å²) in [5.41, 5.74) is 2.48. The maximum atomic E-state index is 15.4. The second-order valence-corrected chi connectivity index (χ2v) is 21.1. The van der Waals surface area contributed by atoms with Crippen LogP contribution < -0.4 is 19.7 Å². The third-order valence-corrected chi connectivity index (χ3v) is 17.4. The number of amides is 1. The van der Waals surface area contributed by atoms with Crippen LogP contribution in [0.2, 0.25) is 0 Å². The van der Waals surface area contributed by atoms with Crippen LogP contribution in [0.25, 0.3) is 10.9 Å². The van der Waals surface area contributed by atoms with Gasteiger partial charge in [0.1, 0.15) is 28.6 Å². The number of anilines is 1. The van der Waals surface area contributed by atoms with Gasteiger partial charge in [-0.3, -0.25) is 19.3 Å². The van der Waals surface area contributed by atoms with E-state index in [1.807, 2.05) is 19.2 Å². The highest BCUT2D eigenvalue weighted by Crippen LogP contribution is 2.68. The van der Waals surface area contributed by atoms with Crippen molar-refractivity contribution in [1.82, 2.24) is 15.2 Å². The molecule has 3 aliphatic carbocycles. The molecule has 11 atom stereocenters. The Labute approximate surface area is 435 Å². The molecule has 1 aromatic heterocycles. The molecule has 6 aliphatic rings. The van der Waals surface area contributed by atoms with E-state index in [0.717, 1.165) is 71.2 Å². The summed E-state index contributed by atoms with van der Waals surface area (Å²) < 4.78 is 24.5. The number of esters is 2. The van der Waals surface area contributed by atoms with Crippen molar-refractivity contribution in [2.24, 2.45) is 17.3 Å². The molecule has 1 spiro atoms. The summed E-state index contributed by atoms with van der Waals surface area (Å²) in [6, 6.07) is 18.7. The van der Waals surface area contributed by atoms with Crippen LogP contribution >= 0.6 is 0 Å². The van der Waals surface area contributed by atoms with Gasteiger partial charge in [0.2, 0.25) is 0 Å². The van der Waals surface area contributed by atoms with Gasteiger partial charge in [-0.2, -0.15) is 0 Å². The third kappa shape index (κ3) is 8.26. The number of carbonyl (C=O) groups is 5. The highest BCUT2D eigenvalue weighted by atomic mass is 16.6. The summed E-state index contributed by atoms with van der Waals surface area (Å²) in [5.74, 6) is -3.35. The lowest BCUT2D eigenvalue weighted by Crippen LogP contribution is -2.81. The number of methoxy groups -OCH3 is 3. The van der Waals surface area contributed by atoms with Gasteiger partial charge in [0.05, 0.1) is 39.5 Å². The average Bonchev–Trinajstić information content (AvgIpc) is 4.08. The van der Waals surface area contributed by atoms with Gasteiger partial charge >= 0.3 is 23.9 Å². The Balaban J connectivity index is 0.000000626. The third-order valence-electron chi connectivity index (χ3n) is 17.4.